The van der Waals surface area contributed by atoms with Crippen molar-refractivity contribution < 1.29 is 9.53 Å². The summed E-state index contributed by atoms with van der Waals surface area (Å²) in [5.41, 5.74) is 4.22. The fourth-order valence-corrected chi connectivity index (χ4v) is 3.83. The Morgan fingerprint density at radius 3 is 1.93 bits per heavy atom. The monoisotopic (exact) mass is 383 g/mol. The van der Waals surface area contributed by atoms with Crippen molar-refractivity contribution in [3.63, 3.8) is 0 Å². The molecule has 1 fully saturated rings. The molecule has 0 radical (unpaired) electrons. The molecule has 0 amide bonds. The quantitative estimate of drug-likeness (QED) is 0.420. The van der Waals surface area contributed by atoms with Crippen molar-refractivity contribution in [2.45, 2.75) is 31.9 Å². The van der Waals surface area contributed by atoms with Gasteiger partial charge in [-0.2, -0.15) is 0 Å². The highest BCUT2D eigenvalue weighted by Gasteiger charge is 2.31. The molecular weight excluding hydrogens is 358 g/mol. The molecule has 1 aliphatic rings. The fraction of sp³-hybridized carbons (Fsp3) is 0.231. The zero-order valence-corrected chi connectivity index (χ0v) is 16.4. The van der Waals surface area contributed by atoms with Crippen LogP contribution in [0.1, 0.15) is 36.0 Å². The van der Waals surface area contributed by atoms with Gasteiger partial charge < -0.3 is 4.74 Å². The number of hydrogen-bond acceptors (Lipinski definition) is 3. The smallest absolute Gasteiger partial charge is 0.309 e. The molecule has 3 aromatic rings. The molecule has 0 N–H and O–H groups in total. The summed E-state index contributed by atoms with van der Waals surface area (Å²) in [6.07, 6.45) is 2.49. The van der Waals surface area contributed by atoms with Gasteiger partial charge >= 0.3 is 5.97 Å². The first kappa shape index (κ1) is 19.1. The lowest BCUT2D eigenvalue weighted by atomic mass is 10.0. The Labute approximate surface area is 172 Å². The van der Waals surface area contributed by atoms with Crippen LogP contribution in [0.25, 0.3) is 0 Å². The van der Waals surface area contributed by atoms with Crippen LogP contribution in [0.5, 0.6) is 0 Å². The molecule has 3 heteroatoms. The summed E-state index contributed by atoms with van der Waals surface area (Å²) in [5, 5.41) is 0. The number of benzene rings is 3. The molecule has 146 valence electrons. The molecule has 0 aromatic heterocycles. The second kappa shape index (κ2) is 9.33. The molecule has 1 aliphatic carbocycles. The van der Waals surface area contributed by atoms with Gasteiger partial charge in [-0.15, -0.1) is 0 Å². The van der Waals surface area contributed by atoms with Crippen LogP contribution >= 0.6 is 0 Å². The van der Waals surface area contributed by atoms with Gasteiger partial charge in [-0.25, -0.2) is 0 Å². The van der Waals surface area contributed by atoms with E-state index in [0.717, 1.165) is 41.7 Å². The van der Waals surface area contributed by atoms with Crippen LogP contribution in [0.4, 0.5) is 0 Å². The van der Waals surface area contributed by atoms with E-state index in [9.17, 15) is 4.79 Å². The Kier molecular flexibility index (Phi) is 6.16. The minimum Gasteiger partial charge on any atom is -0.461 e. The molecular formula is C26H25NO2. The van der Waals surface area contributed by atoms with Crippen LogP contribution in [-0.4, -0.2) is 17.7 Å². The highest BCUT2D eigenvalue weighted by molar-refractivity contribution is 6.13. The Bertz CT molecular complexity index is 910. The van der Waals surface area contributed by atoms with Crippen LogP contribution in [0.3, 0.4) is 0 Å². The predicted molar refractivity (Wildman–Crippen MR) is 116 cm³/mol. The number of aliphatic imine (C=N–C) groups is 1. The highest BCUT2D eigenvalue weighted by Crippen LogP contribution is 2.30. The van der Waals surface area contributed by atoms with Gasteiger partial charge in [-0.05, 0) is 24.8 Å². The van der Waals surface area contributed by atoms with Crippen LogP contribution in [0.2, 0.25) is 0 Å². The third kappa shape index (κ3) is 5.00. The molecule has 3 aromatic carbocycles. The van der Waals surface area contributed by atoms with Crippen molar-refractivity contribution in [1.82, 2.24) is 0 Å². The van der Waals surface area contributed by atoms with Crippen LogP contribution in [0, 0.1) is 5.92 Å². The maximum atomic E-state index is 12.5. The third-order valence-corrected chi connectivity index (χ3v) is 5.37. The van der Waals surface area contributed by atoms with E-state index in [2.05, 4.69) is 24.3 Å². The van der Waals surface area contributed by atoms with Gasteiger partial charge in [0.25, 0.3) is 0 Å². The molecule has 0 heterocycles. The summed E-state index contributed by atoms with van der Waals surface area (Å²) in [6.45, 7) is 0.337. The molecule has 1 saturated carbocycles. The summed E-state index contributed by atoms with van der Waals surface area (Å²) in [6, 6.07) is 30.5. The molecule has 29 heavy (non-hydrogen) atoms. The van der Waals surface area contributed by atoms with Gasteiger partial charge in [0.05, 0.1) is 17.7 Å². The number of rotatable bonds is 6. The molecule has 0 spiro atoms. The van der Waals surface area contributed by atoms with Gasteiger partial charge in [0.2, 0.25) is 0 Å². The molecule has 2 atom stereocenters. The summed E-state index contributed by atoms with van der Waals surface area (Å²) in [4.78, 5) is 17.6. The molecule has 0 saturated heterocycles. The molecule has 0 aliphatic heterocycles. The van der Waals surface area contributed by atoms with Crippen LogP contribution in [0.15, 0.2) is 96.0 Å². The van der Waals surface area contributed by atoms with E-state index >= 15 is 0 Å². The Hall–Kier alpha value is -3.20. The first-order valence-corrected chi connectivity index (χ1v) is 10.2. The predicted octanol–water partition coefficient (Wildman–Crippen LogP) is 5.44. The summed E-state index contributed by atoms with van der Waals surface area (Å²) >= 11 is 0. The van der Waals surface area contributed by atoms with E-state index in [0.29, 0.717) is 6.61 Å². The molecule has 0 bridgehead atoms. The topological polar surface area (TPSA) is 38.7 Å². The largest absolute Gasteiger partial charge is 0.461 e. The standard InChI is InChI=1S/C26H25NO2/c28-26(29-19-20-10-4-1-5-11-20)23-16-17-24(18-23)27-25(21-12-6-2-7-13-21)22-14-8-3-9-15-22/h1-15,23-24H,16-19H2/t23-,24+/m0/s1. The average Bonchev–Trinajstić information content (AvgIpc) is 3.27. The van der Waals surface area contributed by atoms with Gasteiger partial charge in [0.15, 0.2) is 0 Å². The van der Waals surface area contributed by atoms with Gasteiger partial charge in [-0.1, -0.05) is 91.0 Å². The van der Waals surface area contributed by atoms with Gasteiger partial charge in [-0.3, -0.25) is 9.79 Å². The van der Waals surface area contributed by atoms with Crippen molar-refractivity contribution in [2.24, 2.45) is 10.9 Å². The number of ether oxygens (including phenoxy) is 1. The lowest BCUT2D eigenvalue weighted by molar-refractivity contribution is -0.149. The number of esters is 1. The minimum absolute atomic E-state index is 0.0692. The number of nitrogens with zero attached hydrogens (tertiary/aromatic N) is 1. The minimum atomic E-state index is -0.104. The lowest BCUT2D eigenvalue weighted by Crippen LogP contribution is -2.16. The van der Waals surface area contributed by atoms with Crippen molar-refractivity contribution >= 4 is 11.7 Å². The third-order valence-electron chi connectivity index (χ3n) is 5.37. The Morgan fingerprint density at radius 2 is 1.34 bits per heavy atom. The van der Waals surface area contributed by atoms with E-state index in [1.165, 1.54) is 0 Å². The van der Waals surface area contributed by atoms with Crippen LogP contribution < -0.4 is 0 Å². The SMILES string of the molecule is O=C(OCc1ccccc1)[C@H]1CC[C@@H](N=C(c2ccccc2)c2ccccc2)C1. The van der Waals surface area contributed by atoms with Crippen molar-refractivity contribution in [3.05, 3.63) is 108 Å². The van der Waals surface area contributed by atoms with E-state index in [4.69, 9.17) is 9.73 Å². The maximum Gasteiger partial charge on any atom is 0.309 e. The summed E-state index contributed by atoms with van der Waals surface area (Å²) in [7, 11) is 0. The molecule has 0 unspecified atom stereocenters. The fourth-order valence-electron chi connectivity index (χ4n) is 3.83. The van der Waals surface area contributed by atoms with Gasteiger partial charge in [0, 0.05) is 11.1 Å². The first-order chi connectivity index (χ1) is 14.3. The van der Waals surface area contributed by atoms with E-state index in [1.54, 1.807) is 0 Å². The normalized spacial score (nSPS) is 18.2. The summed E-state index contributed by atoms with van der Waals surface area (Å²) < 4.78 is 5.55. The van der Waals surface area contributed by atoms with Gasteiger partial charge in [0.1, 0.15) is 6.61 Å². The first-order valence-electron chi connectivity index (χ1n) is 10.2. The Balaban J connectivity index is 1.45. The van der Waals surface area contributed by atoms with Crippen molar-refractivity contribution in [2.75, 3.05) is 0 Å². The highest BCUT2D eigenvalue weighted by atomic mass is 16.5. The van der Waals surface area contributed by atoms with E-state index in [-0.39, 0.29) is 17.9 Å². The average molecular weight is 383 g/mol. The van der Waals surface area contributed by atoms with E-state index < -0.39 is 0 Å². The van der Waals surface area contributed by atoms with Crippen molar-refractivity contribution in [3.8, 4) is 0 Å². The lowest BCUT2D eigenvalue weighted by Gasteiger charge is -2.12. The number of carbonyl (C=O) groups excluding carboxylic acids is 1. The zero-order valence-electron chi connectivity index (χ0n) is 16.4. The second-order valence-electron chi connectivity index (χ2n) is 7.47. The van der Waals surface area contributed by atoms with E-state index in [1.807, 2.05) is 66.7 Å². The number of carbonyl (C=O) groups is 1. The summed E-state index contributed by atoms with van der Waals surface area (Å²) in [5.74, 6) is -0.173. The molecule has 4 rings (SSSR count). The second-order valence-corrected chi connectivity index (χ2v) is 7.47. The molecule has 3 nitrogen and oxygen atoms in total. The van der Waals surface area contributed by atoms with Crippen molar-refractivity contribution in [1.29, 1.82) is 0 Å². The maximum absolute atomic E-state index is 12.5. The zero-order chi connectivity index (χ0) is 19.9. The van der Waals surface area contributed by atoms with Crippen LogP contribution in [-0.2, 0) is 16.1 Å². The Morgan fingerprint density at radius 1 is 0.793 bits per heavy atom. The number of hydrogen-bond donors (Lipinski definition) is 0.